The molecule has 0 radical (unpaired) electrons. The molecule has 1 aromatic carbocycles. The lowest BCUT2D eigenvalue weighted by Gasteiger charge is -2.30. The molecule has 8 nitrogen and oxygen atoms in total. The summed E-state index contributed by atoms with van der Waals surface area (Å²) in [5, 5.41) is 6.85. The largest absolute Gasteiger partial charge is 0.339 e. The second-order valence-electron chi connectivity index (χ2n) is 7.43. The number of benzene rings is 1. The number of hydrogen-bond donors (Lipinski definition) is 1. The van der Waals surface area contributed by atoms with Crippen molar-refractivity contribution in [3.63, 3.8) is 0 Å². The van der Waals surface area contributed by atoms with E-state index in [0.717, 1.165) is 5.69 Å². The molecule has 4 rings (SSSR count). The van der Waals surface area contributed by atoms with E-state index in [1.807, 2.05) is 37.3 Å². The number of piperidine rings is 1. The summed E-state index contributed by atoms with van der Waals surface area (Å²) in [5.41, 5.74) is 0.747. The fraction of sp³-hybridized carbons (Fsp3) is 0.381. The Morgan fingerprint density at radius 3 is 2.61 bits per heavy atom. The smallest absolute Gasteiger partial charge is 0.244 e. The molecule has 2 aromatic heterocycles. The highest BCUT2D eigenvalue weighted by Gasteiger charge is 2.34. The number of carbonyl (C=O) groups excluding carboxylic acids is 1. The summed E-state index contributed by atoms with van der Waals surface area (Å²) < 4.78 is 33.1. The van der Waals surface area contributed by atoms with E-state index < -0.39 is 10.0 Å². The number of nitrogens with zero attached hydrogens (tertiary/aromatic N) is 3. The van der Waals surface area contributed by atoms with Crippen LogP contribution in [0.1, 0.15) is 30.5 Å². The van der Waals surface area contributed by atoms with Crippen molar-refractivity contribution in [2.75, 3.05) is 18.4 Å². The van der Waals surface area contributed by atoms with Gasteiger partial charge in [0.25, 0.3) is 0 Å². The van der Waals surface area contributed by atoms with E-state index in [4.69, 9.17) is 4.52 Å². The minimum absolute atomic E-state index is 0.0684. The van der Waals surface area contributed by atoms with Crippen LogP contribution in [0.5, 0.6) is 0 Å². The van der Waals surface area contributed by atoms with Crippen molar-refractivity contribution in [2.24, 2.45) is 5.92 Å². The molecule has 3 aromatic rings. The minimum atomic E-state index is -3.66. The van der Waals surface area contributed by atoms with E-state index in [0.29, 0.717) is 53.8 Å². The molecule has 1 aliphatic heterocycles. The molecule has 1 N–H and O–H groups in total. The predicted octanol–water partition coefficient (Wildman–Crippen LogP) is 3.71. The Morgan fingerprint density at radius 2 is 1.97 bits per heavy atom. The van der Waals surface area contributed by atoms with Crippen molar-refractivity contribution in [3.05, 3.63) is 47.2 Å². The number of aromatic nitrogens is 2. The third-order valence-electron chi connectivity index (χ3n) is 5.35. The minimum Gasteiger partial charge on any atom is -0.339 e. The lowest BCUT2D eigenvalue weighted by molar-refractivity contribution is -0.120. The zero-order chi connectivity index (χ0) is 22.0. The summed E-state index contributed by atoms with van der Waals surface area (Å²) in [6, 6.07) is 10.9. The Hall–Kier alpha value is -2.56. The number of amides is 1. The van der Waals surface area contributed by atoms with Gasteiger partial charge in [-0.25, -0.2) is 8.42 Å². The summed E-state index contributed by atoms with van der Waals surface area (Å²) in [7, 11) is -3.66. The van der Waals surface area contributed by atoms with Crippen LogP contribution in [-0.2, 0) is 21.2 Å². The quantitative estimate of drug-likeness (QED) is 0.601. The molecule has 1 amide bonds. The zero-order valence-corrected chi connectivity index (χ0v) is 19.0. The Labute approximate surface area is 185 Å². The van der Waals surface area contributed by atoms with Gasteiger partial charge in [0.15, 0.2) is 0 Å². The highest BCUT2D eigenvalue weighted by molar-refractivity contribution is 7.89. The molecule has 0 bridgehead atoms. The average molecular weight is 461 g/mol. The van der Waals surface area contributed by atoms with Crippen LogP contribution in [0, 0.1) is 12.8 Å². The molecule has 0 aliphatic carbocycles. The third-order valence-corrected chi connectivity index (χ3v) is 8.55. The first kappa shape index (κ1) is 21.7. The van der Waals surface area contributed by atoms with Crippen molar-refractivity contribution in [2.45, 2.75) is 38.0 Å². The van der Waals surface area contributed by atoms with Gasteiger partial charge in [-0.2, -0.15) is 9.29 Å². The summed E-state index contributed by atoms with van der Waals surface area (Å²) in [6.07, 6.45) is 1.59. The number of aryl methyl sites for hydroxylation is 2. The molecule has 10 heteroatoms. The highest BCUT2D eigenvalue weighted by atomic mass is 32.2. The molecule has 1 fully saturated rings. The molecular weight excluding hydrogens is 436 g/mol. The molecular formula is C21H24N4O4S2. The first-order valence-electron chi connectivity index (χ1n) is 10.2. The maximum Gasteiger partial charge on any atom is 0.244 e. The monoisotopic (exact) mass is 460 g/mol. The van der Waals surface area contributed by atoms with Gasteiger partial charge < -0.3 is 9.84 Å². The van der Waals surface area contributed by atoms with Gasteiger partial charge in [0.05, 0.1) is 9.77 Å². The number of nitrogens with one attached hydrogen (secondary N) is 1. The molecule has 31 heavy (non-hydrogen) atoms. The van der Waals surface area contributed by atoms with Gasteiger partial charge in [-0.3, -0.25) is 4.79 Å². The van der Waals surface area contributed by atoms with Gasteiger partial charge in [-0.05, 0) is 38.0 Å². The number of carbonyl (C=O) groups is 1. The van der Waals surface area contributed by atoms with Crippen molar-refractivity contribution in [1.82, 2.24) is 14.4 Å². The fourth-order valence-corrected chi connectivity index (χ4v) is 6.55. The summed E-state index contributed by atoms with van der Waals surface area (Å²) in [6.45, 7) is 4.31. The van der Waals surface area contributed by atoms with Gasteiger partial charge in [-0.15, -0.1) is 11.3 Å². The molecule has 1 aliphatic rings. The van der Waals surface area contributed by atoms with Crippen LogP contribution in [0.3, 0.4) is 0 Å². The molecule has 0 saturated carbocycles. The number of sulfonamides is 1. The number of hydrogen-bond acceptors (Lipinski definition) is 7. The van der Waals surface area contributed by atoms with Crippen LogP contribution in [0.15, 0.2) is 45.8 Å². The standard InChI is InChI=1S/C21H24N4O4S2/c1-3-19-23-20(24-29-19)17-13-18(14(2)30-17)31(27,28)25-11-9-15(10-12-25)21(26)22-16-7-5-4-6-8-16/h4-8,13,15H,3,9-12H2,1-2H3,(H,22,26). The molecule has 0 spiro atoms. The predicted molar refractivity (Wildman–Crippen MR) is 118 cm³/mol. The lowest BCUT2D eigenvalue weighted by Crippen LogP contribution is -2.41. The van der Waals surface area contributed by atoms with Crippen LogP contribution < -0.4 is 5.32 Å². The van der Waals surface area contributed by atoms with Crippen molar-refractivity contribution in [3.8, 4) is 10.7 Å². The highest BCUT2D eigenvalue weighted by Crippen LogP contribution is 2.35. The van der Waals surface area contributed by atoms with Crippen molar-refractivity contribution < 1.29 is 17.7 Å². The first-order valence-corrected chi connectivity index (χ1v) is 12.4. The molecule has 0 unspecified atom stereocenters. The topological polar surface area (TPSA) is 105 Å². The average Bonchev–Trinajstić information content (AvgIpc) is 3.41. The number of anilines is 1. The van der Waals surface area contributed by atoms with E-state index >= 15 is 0 Å². The Balaban J connectivity index is 1.44. The second kappa shape index (κ2) is 8.89. The van der Waals surface area contributed by atoms with Crippen LogP contribution in [0.25, 0.3) is 10.7 Å². The maximum atomic E-state index is 13.2. The van der Waals surface area contributed by atoms with Gasteiger partial charge in [-0.1, -0.05) is 30.3 Å². The van der Waals surface area contributed by atoms with Crippen molar-refractivity contribution in [1.29, 1.82) is 0 Å². The fourth-order valence-electron chi connectivity index (χ4n) is 3.59. The SMILES string of the molecule is CCc1nc(-c2cc(S(=O)(=O)N3CCC(C(=O)Nc4ccccc4)CC3)c(C)s2)no1. The van der Waals surface area contributed by atoms with E-state index in [1.54, 1.807) is 13.0 Å². The van der Waals surface area contributed by atoms with E-state index in [1.165, 1.54) is 15.6 Å². The van der Waals surface area contributed by atoms with Crippen LogP contribution in [0.4, 0.5) is 5.69 Å². The van der Waals surface area contributed by atoms with Gasteiger partial charge in [0, 0.05) is 36.0 Å². The molecule has 0 atom stereocenters. The summed E-state index contributed by atoms with van der Waals surface area (Å²) in [4.78, 5) is 18.4. The normalized spacial score (nSPS) is 15.8. The Kier molecular flexibility index (Phi) is 6.22. The van der Waals surface area contributed by atoms with Gasteiger partial charge >= 0.3 is 0 Å². The molecule has 1 saturated heterocycles. The summed E-state index contributed by atoms with van der Waals surface area (Å²) in [5.74, 6) is 0.641. The van der Waals surface area contributed by atoms with Crippen LogP contribution in [0.2, 0.25) is 0 Å². The van der Waals surface area contributed by atoms with Gasteiger partial charge in [0.1, 0.15) is 0 Å². The number of thiophene rings is 1. The van der Waals surface area contributed by atoms with Gasteiger partial charge in [0.2, 0.25) is 27.6 Å². The Morgan fingerprint density at radius 1 is 1.26 bits per heavy atom. The molecule has 164 valence electrons. The summed E-state index contributed by atoms with van der Waals surface area (Å²) >= 11 is 1.33. The first-order chi connectivity index (χ1) is 14.9. The van der Waals surface area contributed by atoms with Crippen LogP contribution >= 0.6 is 11.3 Å². The number of rotatable bonds is 6. The second-order valence-corrected chi connectivity index (χ2v) is 10.6. The zero-order valence-electron chi connectivity index (χ0n) is 17.4. The maximum absolute atomic E-state index is 13.2. The van der Waals surface area contributed by atoms with Crippen molar-refractivity contribution >= 4 is 33.0 Å². The molecule has 3 heterocycles. The van der Waals surface area contributed by atoms with E-state index in [2.05, 4.69) is 15.5 Å². The van der Waals surface area contributed by atoms with E-state index in [-0.39, 0.29) is 16.7 Å². The van der Waals surface area contributed by atoms with E-state index in [9.17, 15) is 13.2 Å². The Bertz CT molecular complexity index is 1160. The van der Waals surface area contributed by atoms with Crippen LogP contribution in [-0.4, -0.2) is 41.9 Å². The lowest BCUT2D eigenvalue weighted by atomic mass is 9.97. The third kappa shape index (κ3) is 4.56. The number of para-hydroxylation sites is 1.